The Balaban J connectivity index is 1.96. The van der Waals surface area contributed by atoms with Crippen LogP contribution in [-0.4, -0.2) is 22.0 Å². The highest BCUT2D eigenvalue weighted by atomic mass is 16.4. The Morgan fingerprint density at radius 3 is 2.79 bits per heavy atom. The summed E-state index contributed by atoms with van der Waals surface area (Å²) in [4.78, 5) is 27.1. The van der Waals surface area contributed by atoms with Crippen molar-refractivity contribution in [2.75, 3.05) is 5.32 Å². The van der Waals surface area contributed by atoms with Gasteiger partial charge in [-0.05, 0) is 42.5 Å². The maximum atomic E-state index is 12.4. The second-order valence-electron chi connectivity index (χ2n) is 5.68. The second-order valence-corrected chi connectivity index (χ2v) is 5.68. The van der Waals surface area contributed by atoms with Crippen LogP contribution in [0, 0.1) is 0 Å². The standard InChI is InChI=1S/C19H18N2O3/c22-18(23)9-3-1-2-6-13-14-10-11-20-12-16(14)19(24)21-17-8-5-4-7-15(13)17/h4-8,10-12H,1-3,9H2,(H,21,24)(H,22,23)/b13-6-. The number of carboxylic acid groups (broad SMARTS) is 1. The predicted octanol–water partition coefficient (Wildman–Crippen LogP) is 3.72. The quantitative estimate of drug-likeness (QED) is 0.822. The Kier molecular flexibility index (Phi) is 4.70. The topological polar surface area (TPSA) is 79.3 Å². The number of para-hydroxylation sites is 1. The molecule has 3 rings (SSSR count). The Bertz CT molecular complexity index is 812. The number of rotatable bonds is 5. The van der Waals surface area contributed by atoms with Gasteiger partial charge in [-0.2, -0.15) is 0 Å². The number of carbonyl (C=O) groups is 2. The summed E-state index contributed by atoms with van der Waals surface area (Å²) in [5.41, 5.74) is 4.12. The minimum atomic E-state index is -0.770. The summed E-state index contributed by atoms with van der Waals surface area (Å²) in [6, 6.07) is 9.53. The Labute approximate surface area is 140 Å². The fourth-order valence-corrected chi connectivity index (χ4v) is 2.86. The van der Waals surface area contributed by atoms with Crippen molar-refractivity contribution in [2.45, 2.75) is 25.7 Å². The maximum Gasteiger partial charge on any atom is 0.303 e. The number of carboxylic acids is 1. The van der Waals surface area contributed by atoms with Gasteiger partial charge in [-0.1, -0.05) is 24.3 Å². The lowest BCUT2D eigenvalue weighted by Crippen LogP contribution is -2.11. The van der Waals surface area contributed by atoms with Gasteiger partial charge in [-0.15, -0.1) is 0 Å². The molecule has 0 atom stereocenters. The van der Waals surface area contributed by atoms with Crippen molar-refractivity contribution in [1.29, 1.82) is 0 Å². The van der Waals surface area contributed by atoms with Crippen molar-refractivity contribution >= 4 is 23.1 Å². The summed E-state index contributed by atoms with van der Waals surface area (Å²) in [6.07, 6.45) is 7.71. The van der Waals surface area contributed by atoms with Crippen LogP contribution in [0.1, 0.15) is 47.2 Å². The number of benzene rings is 1. The van der Waals surface area contributed by atoms with Crippen LogP contribution in [0.25, 0.3) is 5.57 Å². The van der Waals surface area contributed by atoms with Gasteiger partial charge in [0.25, 0.3) is 5.91 Å². The number of aromatic nitrogens is 1. The van der Waals surface area contributed by atoms with Gasteiger partial charge in [0.15, 0.2) is 0 Å². The highest BCUT2D eigenvalue weighted by Crippen LogP contribution is 2.35. The number of nitrogens with one attached hydrogen (secondary N) is 1. The maximum absolute atomic E-state index is 12.4. The number of hydrogen-bond acceptors (Lipinski definition) is 3. The Hall–Kier alpha value is -2.95. The van der Waals surface area contributed by atoms with Crippen LogP contribution in [-0.2, 0) is 4.79 Å². The van der Waals surface area contributed by atoms with Crippen LogP contribution < -0.4 is 5.32 Å². The van der Waals surface area contributed by atoms with Crippen molar-refractivity contribution < 1.29 is 14.7 Å². The first-order chi connectivity index (χ1) is 11.7. The van der Waals surface area contributed by atoms with E-state index in [-0.39, 0.29) is 12.3 Å². The van der Waals surface area contributed by atoms with E-state index in [9.17, 15) is 9.59 Å². The molecule has 0 unspecified atom stereocenters. The molecule has 0 aliphatic carbocycles. The first kappa shape index (κ1) is 15.9. The number of unbranched alkanes of at least 4 members (excludes halogenated alkanes) is 2. The normalized spacial score (nSPS) is 14.5. The molecule has 1 aliphatic rings. The minimum absolute atomic E-state index is 0.167. The molecule has 122 valence electrons. The summed E-state index contributed by atoms with van der Waals surface area (Å²) in [5.74, 6) is -0.937. The number of anilines is 1. The van der Waals surface area contributed by atoms with Crippen molar-refractivity contribution in [1.82, 2.24) is 4.98 Å². The number of amides is 1. The molecule has 0 fully saturated rings. The van der Waals surface area contributed by atoms with E-state index in [1.54, 1.807) is 12.4 Å². The monoisotopic (exact) mass is 322 g/mol. The van der Waals surface area contributed by atoms with E-state index in [2.05, 4.69) is 16.4 Å². The molecule has 2 heterocycles. The van der Waals surface area contributed by atoms with Crippen molar-refractivity contribution in [3.05, 3.63) is 65.5 Å². The van der Waals surface area contributed by atoms with Crippen molar-refractivity contribution in [3.8, 4) is 0 Å². The second kappa shape index (κ2) is 7.08. The molecule has 2 aromatic rings. The van der Waals surface area contributed by atoms with E-state index in [0.717, 1.165) is 35.2 Å². The van der Waals surface area contributed by atoms with E-state index < -0.39 is 5.97 Å². The summed E-state index contributed by atoms with van der Waals surface area (Å²) in [6.45, 7) is 0. The third-order valence-electron chi connectivity index (χ3n) is 4.01. The Morgan fingerprint density at radius 1 is 1.12 bits per heavy atom. The first-order valence-electron chi connectivity index (χ1n) is 7.94. The molecule has 1 aromatic heterocycles. The molecule has 0 saturated heterocycles. The minimum Gasteiger partial charge on any atom is -0.481 e. The highest BCUT2D eigenvalue weighted by Gasteiger charge is 2.22. The third-order valence-corrected chi connectivity index (χ3v) is 4.01. The van der Waals surface area contributed by atoms with Crippen LogP contribution in [0.2, 0.25) is 0 Å². The van der Waals surface area contributed by atoms with Gasteiger partial charge in [0, 0.05) is 30.1 Å². The summed E-state index contributed by atoms with van der Waals surface area (Å²) >= 11 is 0. The zero-order valence-electron chi connectivity index (χ0n) is 13.2. The van der Waals surface area contributed by atoms with E-state index >= 15 is 0 Å². The lowest BCUT2D eigenvalue weighted by atomic mass is 9.94. The average molecular weight is 322 g/mol. The van der Waals surface area contributed by atoms with Gasteiger partial charge in [0.1, 0.15) is 0 Å². The molecule has 1 aromatic carbocycles. The Morgan fingerprint density at radius 2 is 1.96 bits per heavy atom. The molecule has 5 heteroatoms. The highest BCUT2D eigenvalue weighted by molar-refractivity contribution is 6.12. The van der Waals surface area contributed by atoms with Gasteiger partial charge < -0.3 is 10.4 Å². The van der Waals surface area contributed by atoms with Crippen LogP contribution in [0.3, 0.4) is 0 Å². The van der Waals surface area contributed by atoms with E-state index in [1.807, 2.05) is 30.3 Å². The smallest absolute Gasteiger partial charge is 0.303 e. The number of carbonyl (C=O) groups excluding carboxylic acids is 1. The van der Waals surface area contributed by atoms with E-state index in [0.29, 0.717) is 12.0 Å². The summed E-state index contributed by atoms with van der Waals surface area (Å²) in [5, 5.41) is 11.6. The lowest BCUT2D eigenvalue weighted by Gasteiger charge is -2.10. The number of pyridine rings is 1. The summed E-state index contributed by atoms with van der Waals surface area (Å²) < 4.78 is 0. The molecule has 1 amide bonds. The van der Waals surface area contributed by atoms with Crippen LogP contribution in [0.5, 0.6) is 0 Å². The fraction of sp³-hybridized carbons (Fsp3) is 0.211. The van der Waals surface area contributed by atoms with E-state index in [4.69, 9.17) is 5.11 Å². The molecule has 24 heavy (non-hydrogen) atoms. The van der Waals surface area contributed by atoms with Crippen molar-refractivity contribution in [3.63, 3.8) is 0 Å². The number of nitrogens with zero attached hydrogens (tertiary/aromatic N) is 1. The average Bonchev–Trinajstić information content (AvgIpc) is 2.70. The number of allylic oxidation sites excluding steroid dienone is 1. The van der Waals surface area contributed by atoms with Gasteiger partial charge in [-0.3, -0.25) is 14.6 Å². The molecule has 2 N–H and O–H groups in total. The molecule has 5 nitrogen and oxygen atoms in total. The third kappa shape index (κ3) is 3.35. The zero-order valence-corrected chi connectivity index (χ0v) is 13.2. The van der Waals surface area contributed by atoms with Gasteiger partial charge in [-0.25, -0.2) is 0 Å². The summed E-state index contributed by atoms with van der Waals surface area (Å²) in [7, 11) is 0. The molecule has 0 saturated carbocycles. The molecular weight excluding hydrogens is 304 g/mol. The van der Waals surface area contributed by atoms with Gasteiger partial charge >= 0.3 is 5.97 Å². The molecule has 1 aliphatic heterocycles. The first-order valence-corrected chi connectivity index (χ1v) is 7.94. The predicted molar refractivity (Wildman–Crippen MR) is 91.8 cm³/mol. The lowest BCUT2D eigenvalue weighted by molar-refractivity contribution is -0.137. The zero-order chi connectivity index (χ0) is 16.9. The van der Waals surface area contributed by atoms with E-state index in [1.165, 1.54) is 0 Å². The number of hydrogen-bond donors (Lipinski definition) is 2. The van der Waals surface area contributed by atoms with Gasteiger partial charge in [0.05, 0.1) is 5.56 Å². The molecule has 0 bridgehead atoms. The molecule has 0 spiro atoms. The van der Waals surface area contributed by atoms with Crippen LogP contribution >= 0.6 is 0 Å². The number of aliphatic carboxylic acids is 1. The fourth-order valence-electron chi connectivity index (χ4n) is 2.86. The molecule has 0 radical (unpaired) electrons. The van der Waals surface area contributed by atoms with Gasteiger partial charge in [0.2, 0.25) is 0 Å². The largest absolute Gasteiger partial charge is 0.481 e. The van der Waals surface area contributed by atoms with Crippen molar-refractivity contribution in [2.24, 2.45) is 0 Å². The number of fused-ring (bicyclic) bond motifs is 2. The van der Waals surface area contributed by atoms with Crippen LogP contribution in [0.15, 0.2) is 48.8 Å². The van der Waals surface area contributed by atoms with Crippen LogP contribution in [0.4, 0.5) is 5.69 Å². The molecular formula is C19H18N2O3. The SMILES string of the molecule is O=C(O)CCCC/C=C1\c2ccccc2NC(=O)c2cnccc21.